The van der Waals surface area contributed by atoms with Gasteiger partial charge in [0.2, 0.25) is 0 Å². The lowest BCUT2D eigenvalue weighted by Gasteiger charge is -2.35. The summed E-state index contributed by atoms with van der Waals surface area (Å²) in [5, 5.41) is 0.581. The molecule has 1 unspecified atom stereocenters. The highest BCUT2D eigenvalue weighted by Crippen LogP contribution is 2.45. The molecule has 0 saturated heterocycles. The van der Waals surface area contributed by atoms with E-state index in [4.69, 9.17) is 17.3 Å². The normalized spacial score (nSPS) is 20.0. The second-order valence-electron chi connectivity index (χ2n) is 9.96. The minimum absolute atomic E-state index is 0.0563. The van der Waals surface area contributed by atoms with E-state index in [2.05, 4.69) is 64.1 Å². The van der Waals surface area contributed by atoms with Gasteiger partial charge in [-0.25, -0.2) is 15.0 Å². The van der Waals surface area contributed by atoms with Crippen molar-refractivity contribution in [1.29, 1.82) is 0 Å². The van der Waals surface area contributed by atoms with Gasteiger partial charge in [-0.15, -0.1) is 0 Å². The fraction of sp³-hybridized carbons (Fsp3) is 0.233. The number of benzene rings is 2. The number of aromatic nitrogens is 3. The maximum atomic E-state index is 13.0. The third-order valence-corrected chi connectivity index (χ3v) is 7.27. The third-order valence-electron chi connectivity index (χ3n) is 7.06. The van der Waals surface area contributed by atoms with Gasteiger partial charge in [0.05, 0.1) is 5.02 Å². The molecule has 0 bridgehead atoms. The summed E-state index contributed by atoms with van der Waals surface area (Å²) in [6.45, 7) is 4.22. The van der Waals surface area contributed by atoms with E-state index in [-0.39, 0.29) is 11.9 Å². The van der Waals surface area contributed by atoms with Gasteiger partial charge in [-0.1, -0.05) is 60.5 Å². The van der Waals surface area contributed by atoms with Gasteiger partial charge in [-0.05, 0) is 60.1 Å². The van der Waals surface area contributed by atoms with Crippen LogP contribution in [-0.2, 0) is 16.8 Å². The molecule has 3 heterocycles. The van der Waals surface area contributed by atoms with E-state index in [0.29, 0.717) is 17.4 Å². The molecule has 2 aromatic heterocycles. The van der Waals surface area contributed by atoms with Crippen LogP contribution in [0, 0.1) is 12.8 Å². The summed E-state index contributed by atoms with van der Waals surface area (Å²) in [6, 6.07) is 16.4. The van der Waals surface area contributed by atoms with Crippen molar-refractivity contribution in [2.24, 2.45) is 16.6 Å². The summed E-state index contributed by atoms with van der Waals surface area (Å²) in [5.41, 5.74) is 12.5. The first-order valence-corrected chi connectivity index (χ1v) is 12.8. The second kappa shape index (κ2) is 10.3. The zero-order valence-corrected chi connectivity index (χ0v) is 22.4. The molecule has 7 nitrogen and oxygen atoms in total. The molecule has 0 radical (unpaired) electrons. The van der Waals surface area contributed by atoms with E-state index < -0.39 is 5.54 Å². The highest BCUT2D eigenvalue weighted by molar-refractivity contribution is 6.30. The molecule has 4 aromatic rings. The van der Waals surface area contributed by atoms with Crippen molar-refractivity contribution in [2.75, 3.05) is 7.05 Å². The average Bonchev–Trinajstić information content (AvgIpc) is 3.13. The Morgan fingerprint density at radius 3 is 2.26 bits per heavy atom. The molecule has 192 valence electrons. The highest BCUT2D eigenvalue weighted by Gasteiger charge is 2.51. The number of carbonyl (C=O) groups excluding carboxylic acids is 1. The van der Waals surface area contributed by atoms with E-state index in [1.807, 2.05) is 30.6 Å². The summed E-state index contributed by atoms with van der Waals surface area (Å²) >= 11 is 6.08. The number of halogens is 1. The quantitative estimate of drug-likeness (QED) is 0.377. The van der Waals surface area contributed by atoms with Gasteiger partial charge in [0, 0.05) is 43.0 Å². The molecule has 2 aliphatic rings. The number of nitrogens with two attached hydrogens (primary N) is 1. The fourth-order valence-corrected chi connectivity index (χ4v) is 5.33. The van der Waals surface area contributed by atoms with Crippen LogP contribution < -0.4 is 5.73 Å². The van der Waals surface area contributed by atoms with Crippen LogP contribution in [0.3, 0.4) is 0 Å². The maximum absolute atomic E-state index is 13.0. The summed E-state index contributed by atoms with van der Waals surface area (Å²) < 4.78 is 0. The summed E-state index contributed by atoms with van der Waals surface area (Å²) in [4.78, 5) is 31.2. The SMILES string of the molecule is C[C@H]1Cc2ccc(-c3cncc(Cl)c3)cc2C2(C1)N=C(N)N(C)C2=O.Cc1ccc(-c2cncnc2)cc1. The topological polar surface area (TPSA) is 97.4 Å². The zero-order valence-electron chi connectivity index (χ0n) is 21.6. The molecule has 0 saturated carbocycles. The molecular weight excluding hydrogens is 496 g/mol. The number of hydrogen-bond donors (Lipinski definition) is 1. The predicted octanol–water partition coefficient (Wildman–Crippen LogP) is 5.42. The number of nitrogens with zero attached hydrogens (tertiary/aromatic N) is 5. The first-order chi connectivity index (χ1) is 18.3. The monoisotopic (exact) mass is 524 g/mol. The van der Waals surface area contributed by atoms with Gasteiger partial charge in [0.15, 0.2) is 11.5 Å². The Hall–Kier alpha value is -4.10. The molecule has 2 atom stereocenters. The van der Waals surface area contributed by atoms with Crippen LogP contribution >= 0.6 is 11.6 Å². The van der Waals surface area contributed by atoms with Crippen LogP contribution in [-0.4, -0.2) is 38.8 Å². The number of carbonyl (C=O) groups is 1. The van der Waals surface area contributed by atoms with Crippen LogP contribution in [0.15, 0.2) is 84.6 Å². The van der Waals surface area contributed by atoms with Crippen LogP contribution in [0.2, 0.25) is 5.02 Å². The molecule has 2 N–H and O–H groups in total. The summed E-state index contributed by atoms with van der Waals surface area (Å²) in [7, 11) is 1.68. The number of aryl methyl sites for hydroxylation is 1. The van der Waals surface area contributed by atoms with Crippen molar-refractivity contribution in [1.82, 2.24) is 19.9 Å². The summed E-state index contributed by atoms with van der Waals surface area (Å²) in [6.07, 6.45) is 10.1. The molecule has 6 rings (SSSR count). The minimum atomic E-state index is -0.909. The number of pyridine rings is 1. The lowest BCUT2D eigenvalue weighted by Crippen LogP contribution is -2.43. The Morgan fingerprint density at radius 2 is 1.61 bits per heavy atom. The fourth-order valence-electron chi connectivity index (χ4n) is 5.15. The van der Waals surface area contributed by atoms with Gasteiger partial charge in [-0.3, -0.25) is 14.7 Å². The van der Waals surface area contributed by atoms with E-state index in [0.717, 1.165) is 39.8 Å². The number of hydrogen-bond acceptors (Lipinski definition) is 6. The van der Waals surface area contributed by atoms with Crippen molar-refractivity contribution in [3.63, 3.8) is 0 Å². The number of fused-ring (bicyclic) bond motifs is 2. The molecule has 1 spiro atoms. The third kappa shape index (κ3) is 4.89. The highest BCUT2D eigenvalue weighted by atomic mass is 35.5. The van der Waals surface area contributed by atoms with E-state index in [1.54, 1.807) is 19.4 Å². The van der Waals surface area contributed by atoms with Crippen molar-refractivity contribution < 1.29 is 4.79 Å². The minimum Gasteiger partial charge on any atom is -0.369 e. The molecule has 8 heteroatoms. The molecule has 38 heavy (non-hydrogen) atoms. The molecule has 1 aliphatic heterocycles. The Balaban J connectivity index is 0.000000190. The number of likely N-dealkylation sites (N-methyl/N-ethyl adjacent to an activating group) is 1. The second-order valence-corrected chi connectivity index (χ2v) is 10.4. The molecule has 1 amide bonds. The average molecular weight is 525 g/mol. The predicted molar refractivity (Wildman–Crippen MR) is 150 cm³/mol. The first kappa shape index (κ1) is 25.5. The molecule has 1 aliphatic carbocycles. The Labute approximate surface area is 227 Å². The van der Waals surface area contributed by atoms with Gasteiger partial charge in [-0.2, -0.15) is 0 Å². The van der Waals surface area contributed by atoms with Crippen LogP contribution in [0.25, 0.3) is 22.3 Å². The van der Waals surface area contributed by atoms with Crippen molar-refractivity contribution in [2.45, 2.75) is 32.2 Å². The van der Waals surface area contributed by atoms with E-state index in [9.17, 15) is 4.79 Å². The molecule has 2 aromatic carbocycles. The van der Waals surface area contributed by atoms with Crippen LogP contribution in [0.4, 0.5) is 0 Å². The zero-order chi connectivity index (χ0) is 26.9. The Bertz CT molecular complexity index is 1510. The summed E-state index contributed by atoms with van der Waals surface area (Å²) in [5.74, 6) is 0.581. The number of amides is 1. The molecular formula is C30H29ClN6O. The number of guanidine groups is 1. The Morgan fingerprint density at radius 1 is 0.921 bits per heavy atom. The number of aliphatic imine (C=N–C) groups is 1. The Kier molecular flexibility index (Phi) is 6.95. The van der Waals surface area contributed by atoms with Crippen molar-refractivity contribution >= 4 is 23.5 Å². The first-order valence-electron chi connectivity index (χ1n) is 12.5. The van der Waals surface area contributed by atoms with Gasteiger partial charge < -0.3 is 5.73 Å². The van der Waals surface area contributed by atoms with Crippen molar-refractivity contribution in [3.8, 4) is 22.3 Å². The number of rotatable bonds is 2. The largest absolute Gasteiger partial charge is 0.369 e. The van der Waals surface area contributed by atoms with Gasteiger partial charge in [0.25, 0.3) is 5.91 Å². The van der Waals surface area contributed by atoms with Crippen molar-refractivity contribution in [3.05, 3.63) is 101 Å². The van der Waals surface area contributed by atoms with Crippen LogP contribution in [0.1, 0.15) is 30.0 Å². The smallest absolute Gasteiger partial charge is 0.261 e. The van der Waals surface area contributed by atoms with E-state index >= 15 is 0 Å². The lowest BCUT2D eigenvalue weighted by atomic mass is 9.71. The molecule has 0 fully saturated rings. The van der Waals surface area contributed by atoms with Crippen LogP contribution in [0.5, 0.6) is 0 Å². The standard InChI is InChI=1S/C19H19ClN4O.C11H10N2/c1-11-5-13-4-3-12(14-6-15(20)10-22-9-14)7-16(13)19(8-11)17(25)24(2)18(21)23-19;1-9-2-4-10(5-3-9)11-6-12-8-13-7-11/h3-4,6-7,9-11H,5,8H2,1-2H3,(H2,21,23);2-8H,1H3/t11-,19?;/m0./s1. The van der Waals surface area contributed by atoms with Gasteiger partial charge in [0.1, 0.15) is 6.33 Å². The maximum Gasteiger partial charge on any atom is 0.261 e. The van der Waals surface area contributed by atoms with E-state index in [1.165, 1.54) is 16.8 Å². The lowest BCUT2D eigenvalue weighted by molar-refractivity contribution is -0.131. The van der Waals surface area contributed by atoms with Gasteiger partial charge >= 0.3 is 0 Å².